The van der Waals surface area contributed by atoms with E-state index in [4.69, 9.17) is 4.74 Å². The second kappa shape index (κ2) is 9.96. The third-order valence-corrected chi connectivity index (χ3v) is 5.72. The SMILES string of the molecule is CCCc1cc(Nc2ccc(C(=O)NC[C@@H]3CCCO3)cc2)n2nc(-c3cccnc3)nc2n1. The molecule has 4 heterocycles. The number of benzene rings is 1. The number of aryl methyl sites for hydroxylation is 1. The van der Waals surface area contributed by atoms with Crippen molar-refractivity contribution in [2.24, 2.45) is 0 Å². The molecule has 1 amide bonds. The number of carbonyl (C=O) groups excluding carboxylic acids is 1. The lowest BCUT2D eigenvalue weighted by Gasteiger charge is -2.12. The maximum atomic E-state index is 12.5. The van der Waals surface area contributed by atoms with Gasteiger partial charge in [-0.15, -0.1) is 5.10 Å². The lowest BCUT2D eigenvalue weighted by molar-refractivity contribution is 0.0858. The van der Waals surface area contributed by atoms with Gasteiger partial charge in [0, 0.05) is 54.1 Å². The fourth-order valence-electron chi connectivity index (χ4n) is 3.97. The summed E-state index contributed by atoms with van der Waals surface area (Å²) < 4.78 is 7.27. The van der Waals surface area contributed by atoms with E-state index < -0.39 is 0 Å². The summed E-state index contributed by atoms with van der Waals surface area (Å²) >= 11 is 0. The molecule has 1 saturated heterocycles. The molecule has 1 aliphatic heterocycles. The summed E-state index contributed by atoms with van der Waals surface area (Å²) in [5.41, 5.74) is 3.21. The van der Waals surface area contributed by atoms with Gasteiger partial charge in [0.15, 0.2) is 5.82 Å². The number of nitrogens with one attached hydrogen (secondary N) is 2. The Balaban J connectivity index is 1.36. The van der Waals surface area contributed by atoms with Gasteiger partial charge >= 0.3 is 0 Å². The molecule has 2 N–H and O–H groups in total. The molecule has 0 spiro atoms. The predicted octanol–water partition coefficient (Wildman–Crippen LogP) is 3.79. The van der Waals surface area contributed by atoms with Gasteiger partial charge in [0.1, 0.15) is 5.82 Å². The fraction of sp³-hybridized carbons (Fsp3) is 0.320. The summed E-state index contributed by atoms with van der Waals surface area (Å²) in [4.78, 5) is 25.9. The van der Waals surface area contributed by atoms with E-state index in [-0.39, 0.29) is 12.0 Å². The van der Waals surface area contributed by atoms with E-state index in [1.54, 1.807) is 29.0 Å². The second-order valence-corrected chi connectivity index (χ2v) is 8.32. The molecule has 5 rings (SSSR count). The van der Waals surface area contributed by atoms with Crippen LogP contribution in [0.5, 0.6) is 0 Å². The highest BCUT2D eigenvalue weighted by molar-refractivity contribution is 5.94. The number of hydrogen-bond donors (Lipinski definition) is 2. The quantitative estimate of drug-likeness (QED) is 0.415. The lowest BCUT2D eigenvalue weighted by atomic mass is 10.2. The lowest BCUT2D eigenvalue weighted by Crippen LogP contribution is -2.31. The van der Waals surface area contributed by atoms with E-state index in [9.17, 15) is 4.79 Å². The van der Waals surface area contributed by atoms with Crippen LogP contribution < -0.4 is 10.6 Å². The summed E-state index contributed by atoms with van der Waals surface area (Å²) in [7, 11) is 0. The molecule has 0 bridgehead atoms. The van der Waals surface area contributed by atoms with Gasteiger partial charge in [-0.1, -0.05) is 13.3 Å². The largest absolute Gasteiger partial charge is 0.376 e. The highest BCUT2D eigenvalue weighted by Crippen LogP contribution is 2.22. The standard InChI is InChI=1S/C25H27N7O2/c1-2-5-20-14-22(32-25(29-20)30-23(31-32)18-6-3-12-26-15-18)28-19-10-8-17(9-11-19)24(33)27-16-21-7-4-13-34-21/h3,6,8-12,14-15,21,28H,2,4-5,7,13,16H2,1H3,(H,27,33)/t21-/m0/s1. The van der Waals surface area contributed by atoms with Crippen LogP contribution >= 0.6 is 0 Å². The molecule has 1 aliphatic rings. The van der Waals surface area contributed by atoms with E-state index >= 15 is 0 Å². The molecule has 34 heavy (non-hydrogen) atoms. The second-order valence-electron chi connectivity index (χ2n) is 8.32. The van der Waals surface area contributed by atoms with E-state index in [0.717, 1.165) is 55.1 Å². The van der Waals surface area contributed by atoms with Gasteiger partial charge in [0.05, 0.1) is 6.10 Å². The van der Waals surface area contributed by atoms with Gasteiger partial charge in [0.2, 0.25) is 0 Å². The molecule has 9 nitrogen and oxygen atoms in total. The Labute approximate surface area is 197 Å². The monoisotopic (exact) mass is 457 g/mol. The van der Waals surface area contributed by atoms with Crippen molar-refractivity contribution in [3.8, 4) is 11.4 Å². The van der Waals surface area contributed by atoms with Crippen molar-refractivity contribution in [2.45, 2.75) is 38.7 Å². The van der Waals surface area contributed by atoms with Crippen molar-refractivity contribution in [1.29, 1.82) is 0 Å². The van der Waals surface area contributed by atoms with Gasteiger partial charge < -0.3 is 15.4 Å². The molecule has 4 aromatic rings. The molecule has 0 unspecified atom stereocenters. The highest BCUT2D eigenvalue weighted by Gasteiger charge is 2.17. The topological polar surface area (TPSA) is 106 Å². The van der Waals surface area contributed by atoms with Crippen LogP contribution in [0.3, 0.4) is 0 Å². The zero-order valence-electron chi connectivity index (χ0n) is 19.1. The van der Waals surface area contributed by atoms with Crippen LogP contribution in [0.2, 0.25) is 0 Å². The Bertz CT molecular complexity index is 1270. The molecule has 174 valence electrons. The number of carbonyl (C=O) groups is 1. The van der Waals surface area contributed by atoms with E-state index in [2.05, 4.69) is 37.6 Å². The first-order chi connectivity index (χ1) is 16.7. The molecule has 3 aromatic heterocycles. The zero-order valence-corrected chi connectivity index (χ0v) is 19.1. The molecule has 1 aromatic carbocycles. The third kappa shape index (κ3) is 4.89. The average molecular weight is 458 g/mol. The normalized spacial score (nSPS) is 15.5. The van der Waals surface area contributed by atoms with Crippen LogP contribution in [0, 0.1) is 0 Å². The Morgan fingerprint density at radius 1 is 1.21 bits per heavy atom. The first-order valence-electron chi connectivity index (χ1n) is 11.6. The van der Waals surface area contributed by atoms with Gasteiger partial charge in [0.25, 0.3) is 11.7 Å². The Morgan fingerprint density at radius 2 is 2.09 bits per heavy atom. The van der Waals surface area contributed by atoms with E-state index in [1.807, 2.05) is 30.3 Å². The maximum absolute atomic E-state index is 12.5. The van der Waals surface area contributed by atoms with Crippen LogP contribution in [0.4, 0.5) is 11.5 Å². The molecule has 1 fully saturated rings. The maximum Gasteiger partial charge on any atom is 0.254 e. The first kappa shape index (κ1) is 22.0. The average Bonchev–Trinajstić information content (AvgIpc) is 3.54. The number of pyridine rings is 1. The molecular weight excluding hydrogens is 430 g/mol. The van der Waals surface area contributed by atoms with Crippen molar-refractivity contribution >= 4 is 23.2 Å². The van der Waals surface area contributed by atoms with Gasteiger partial charge in [-0.2, -0.15) is 9.50 Å². The predicted molar refractivity (Wildman–Crippen MR) is 129 cm³/mol. The molecular formula is C25H27N7O2. The summed E-state index contributed by atoms with van der Waals surface area (Å²) in [6.45, 7) is 3.44. The minimum atomic E-state index is -0.101. The Hall–Kier alpha value is -3.85. The number of amides is 1. The summed E-state index contributed by atoms with van der Waals surface area (Å²) in [5.74, 6) is 1.75. The summed E-state index contributed by atoms with van der Waals surface area (Å²) in [5, 5.41) is 11.0. The van der Waals surface area contributed by atoms with Crippen molar-refractivity contribution in [3.63, 3.8) is 0 Å². The number of anilines is 2. The van der Waals surface area contributed by atoms with Crippen molar-refractivity contribution in [3.05, 3.63) is 66.1 Å². The summed E-state index contributed by atoms with van der Waals surface area (Å²) in [6, 6.07) is 13.1. The fourth-order valence-corrected chi connectivity index (χ4v) is 3.97. The van der Waals surface area contributed by atoms with Crippen molar-refractivity contribution in [2.75, 3.05) is 18.5 Å². The molecule has 0 radical (unpaired) electrons. The molecule has 9 heteroatoms. The highest BCUT2D eigenvalue weighted by atomic mass is 16.5. The minimum absolute atomic E-state index is 0.101. The van der Waals surface area contributed by atoms with Gasteiger partial charge in [-0.3, -0.25) is 9.78 Å². The number of hydrogen-bond acceptors (Lipinski definition) is 7. The van der Waals surface area contributed by atoms with E-state index in [0.29, 0.717) is 23.7 Å². The Kier molecular flexibility index (Phi) is 6.44. The molecule has 1 atom stereocenters. The Morgan fingerprint density at radius 3 is 2.82 bits per heavy atom. The van der Waals surface area contributed by atoms with Crippen molar-refractivity contribution < 1.29 is 9.53 Å². The smallest absolute Gasteiger partial charge is 0.254 e. The van der Waals surface area contributed by atoms with Crippen LogP contribution in [0.1, 0.15) is 42.2 Å². The van der Waals surface area contributed by atoms with Crippen LogP contribution in [0.25, 0.3) is 17.2 Å². The minimum Gasteiger partial charge on any atom is -0.376 e. The first-order valence-corrected chi connectivity index (χ1v) is 11.6. The summed E-state index contributed by atoms with van der Waals surface area (Å²) in [6.07, 6.45) is 7.43. The number of nitrogens with zero attached hydrogens (tertiary/aromatic N) is 5. The van der Waals surface area contributed by atoms with Crippen molar-refractivity contribution in [1.82, 2.24) is 29.9 Å². The van der Waals surface area contributed by atoms with Gasteiger partial charge in [-0.25, -0.2) is 4.98 Å². The number of rotatable bonds is 8. The van der Waals surface area contributed by atoms with Crippen LogP contribution in [-0.2, 0) is 11.2 Å². The molecule has 0 saturated carbocycles. The third-order valence-electron chi connectivity index (χ3n) is 5.72. The van der Waals surface area contributed by atoms with Gasteiger partial charge in [-0.05, 0) is 55.7 Å². The van der Waals surface area contributed by atoms with E-state index in [1.165, 1.54) is 0 Å². The van der Waals surface area contributed by atoms with Crippen LogP contribution in [-0.4, -0.2) is 49.7 Å². The molecule has 0 aliphatic carbocycles. The van der Waals surface area contributed by atoms with Crippen LogP contribution in [0.15, 0.2) is 54.9 Å². The number of ether oxygens (including phenoxy) is 1. The zero-order chi connectivity index (χ0) is 23.3. The number of aromatic nitrogens is 5. The number of fused-ring (bicyclic) bond motifs is 1.